The number of carbonyl (C=O) groups excluding carboxylic acids is 2. The average Bonchev–Trinajstić information content (AvgIpc) is 2.69. The highest BCUT2D eigenvalue weighted by atomic mass is 16.3. The number of hydrogen-bond acceptors (Lipinski definition) is 3. The van der Waals surface area contributed by atoms with Crippen molar-refractivity contribution in [2.75, 3.05) is 6.61 Å². The number of hydrogen-bond donors (Lipinski definition) is 1. The smallest absolute Gasteiger partial charge is 0.169 e. The van der Waals surface area contributed by atoms with E-state index in [0.29, 0.717) is 24.0 Å². The van der Waals surface area contributed by atoms with Crippen LogP contribution in [0, 0.1) is 5.92 Å². The maximum Gasteiger partial charge on any atom is 0.169 e. The molecule has 0 aliphatic heterocycles. The van der Waals surface area contributed by atoms with Gasteiger partial charge in [-0.2, -0.15) is 0 Å². The highest BCUT2D eigenvalue weighted by Crippen LogP contribution is 2.38. The molecule has 1 N–H and O–H groups in total. The molecular formula is C13H16O3. The lowest BCUT2D eigenvalue weighted by Crippen LogP contribution is -2.18. The summed E-state index contributed by atoms with van der Waals surface area (Å²) < 4.78 is 0. The van der Waals surface area contributed by atoms with E-state index in [2.05, 4.69) is 0 Å². The molecule has 0 spiro atoms. The van der Waals surface area contributed by atoms with Crippen molar-refractivity contribution in [1.82, 2.24) is 0 Å². The first-order valence-corrected chi connectivity index (χ1v) is 5.62. The summed E-state index contributed by atoms with van der Waals surface area (Å²) in [5, 5.41) is 9.12. The van der Waals surface area contributed by atoms with Crippen LogP contribution in [0.5, 0.6) is 0 Å². The number of ketones is 2. The van der Waals surface area contributed by atoms with Gasteiger partial charge in [-0.15, -0.1) is 0 Å². The van der Waals surface area contributed by atoms with Gasteiger partial charge in [0.05, 0.1) is 12.5 Å². The lowest BCUT2D eigenvalue weighted by molar-refractivity contribution is -0.121. The van der Waals surface area contributed by atoms with Crippen molar-refractivity contribution in [3.8, 4) is 0 Å². The van der Waals surface area contributed by atoms with Gasteiger partial charge < -0.3 is 5.11 Å². The molecule has 0 radical (unpaired) electrons. The van der Waals surface area contributed by atoms with Gasteiger partial charge in [0.25, 0.3) is 0 Å². The van der Waals surface area contributed by atoms with Gasteiger partial charge in [0.15, 0.2) is 11.6 Å². The van der Waals surface area contributed by atoms with Gasteiger partial charge in [-0.05, 0) is 26.7 Å². The van der Waals surface area contributed by atoms with Gasteiger partial charge in [-0.1, -0.05) is 11.1 Å². The Hall–Kier alpha value is -1.22. The zero-order valence-electron chi connectivity index (χ0n) is 9.67. The highest BCUT2D eigenvalue weighted by Gasteiger charge is 2.38. The maximum atomic E-state index is 12.0. The van der Waals surface area contributed by atoms with E-state index >= 15 is 0 Å². The number of carbonyl (C=O) groups is 2. The number of aliphatic hydroxyl groups excluding tert-OH is 1. The molecule has 0 unspecified atom stereocenters. The second kappa shape index (κ2) is 3.98. The largest absolute Gasteiger partial charge is 0.392 e. The van der Waals surface area contributed by atoms with Crippen molar-refractivity contribution in [2.24, 2.45) is 5.92 Å². The zero-order chi connectivity index (χ0) is 11.9. The Labute approximate surface area is 94.8 Å². The molecule has 0 amide bonds. The molecule has 2 aliphatic rings. The van der Waals surface area contributed by atoms with E-state index in [9.17, 15) is 9.59 Å². The lowest BCUT2D eigenvalue weighted by atomic mass is 9.91. The summed E-state index contributed by atoms with van der Waals surface area (Å²) >= 11 is 0. The fraction of sp³-hybridized carbons (Fsp3) is 0.538. The third-order valence-corrected chi connectivity index (χ3v) is 3.63. The fourth-order valence-electron chi connectivity index (χ4n) is 2.69. The second-order valence-electron chi connectivity index (χ2n) is 4.66. The normalized spacial score (nSPS) is 26.3. The summed E-state index contributed by atoms with van der Waals surface area (Å²) in [7, 11) is 0. The van der Waals surface area contributed by atoms with E-state index in [0.717, 1.165) is 17.6 Å². The summed E-state index contributed by atoms with van der Waals surface area (Å²) in [4.78, 5) is 23.7. The Morgan fingerprint density at radius 2 is 1.88 bits per heavy atom. The van der Waals surface area contributed by atoms with Gasteiger partial charge in [-0.3, -0.25) is 9.59 Å². The van der Waals surface area contributed by atoms with Crippen LogP contribution in [0.1, 0.15) is 33.1 Å². The van der Waals surface area contributed by atoms with Crippen LogP contribution in [0.15, 0.2) is 22.3 Å². The van der Waals surface area contributed by atoms with Crippen LogP contribution in [0.25, 0.3) is 0 Å². The predicted octanol–water partition coefficient (Wildman–Crippen LogP) is 1.56. The van der Waals surface area contributed by atoms with Crippen LogP contribution in [0.2, 0.25) is 0 Å². The van der Waals surface area contributed by atoms with E-state index in [1.807, 2.05) is 13.8 Å². The third-order valence-electron chi connectivity index (χ3n) is 3.63. The van der Waals surface area contributed by atoms with E-state index < -0.39 is 0 Å². The van der Waals surface area contributed by atoms with Gasteiger partial charge in [0.1, 0.15) is 0 Å². The van der Waals surface area contributed by atoms with Crippen molar-refractivity contribution < 1.29 is 14.7 Å². The standard InChI is InChI=1S/C13H16O3/c1-7-3-4-11(15)12(7)9-5-8(2)10(6-14)13(9)16/h9,14H,3-6H2,1-2H3/t9-/m0/s1. The first-order valence-electron chi connectivity index (χ1n) is 5.62. The van der Waals surface area contributed by atoms with Gasteiger partial charge >= 0.3 is 0 Å². The monoisotopic (exact) mass is 220 g/mol. The van der Waals surface area contributed by atoms with Gasteiger partial charge in [0.2, 0.25) is 0 Å². The van der Waals surface area contributed by atoms with Crippen LogP contribution in [0.3, 0.4) is 0 Å². The zero-order valence-corrected chi connectivity index (χ0v) is 9.67. The van der Waals surface area contributed by atoms with Crippen molar-refractivity contribution in [3.63, 3.8) is 0 Å². The van der Waals surface area contributed by atoms with Crippen LogP contribution in [-0.2, 0) is 9.59 Å². The first kappa shape index (κ1) is 11.3. The number of allylic oxidation sites excluding steroid dienone is 3. The van der Waals surface area contributed by atoms with E-state index in [4.69, 9.17) is 5.11 Å². The fourth-order valence-corrected chi connectivity index (χ4v) is 2.69. The minimum Gasteiger partial charge on any atom is -0.392 e. The highest BCUT2D eigenvalue weighted by molar-refractivity contribution is 6.10. The quantitative estimate of drug-likeness (QED) is 0.768. The van der Waals surface area contributed by atoms with Crippen LogP contribution >= 0.6 is 0 Å². The van der Waals surface area contributed by atoms with Crippen LogP contribution < -0.4 is 0 Å². The molecule has 0 saturated carbocycles. The topological polar surface area (TPSA) is 54.4 Å². The van der Waals surface area contributed by atoms with Gasteiger partial charge in [-0.25, -0.2) is 0 Å². The molecule has 1 atom stereocenters. The molecule has 16 heavy (non-hydrogen) atoms. The Morgan fingerprint density at radius 3 is 2.31 bits per heavy atom. The molecule has 0 bridgehead atoms. The minimum absolute atomic E-state index is 0.0513. The molecule has 3 nitrogen and oxygen atoms in total. The van der Waals surface area contributed by atoms with E-state index in [1.165, 1.54) is 0 Å². The van der Waals surface area contributed by atoms with Crippen LogP contribution in [0.4, 0.5) is 0 Å². The van der Waals surface area contributed by atoms with Gasteiger partial charge in [0, 0.05) is 17.6 Å². The molecule has 0 heterocycles. The minimum atomic E-state index is -0.308. The van der Waals surface area contributed by atoms with Crippen LogP contribution in [-0.4, -0.2) is 23.3 Å². The molecule has 0 aromatic heterocycles. The van der Waals surface area contributed by atoms with E-state index in [1.54, 1.807) is 0 Å². The molecule has 3 heteroatoms. The summed E-state index contributed by atoms with van der Waals surface area (Å²) in [6, 6.07) is 0. The number of Topliss-reactive ketones (excluding diaryl/α,β-unsaturated/α-hetero) is 2. The van der Waals surface area contributed by atoms with Crippen molar-refractivity contribution in [1.29, 1.82) is 0 Å². The third kappa shape index (κ3) is 1.55. The average molecular weight is 220 g/mol. The van der Waals surface area contributed by atoms with Crippen molar-refractivity contribution in [3.05, 3.63) is 22.3 Å². The Bertz CT molecular complexity index is 426. The molecule has 0 fully saturated rings. The summed E-state index contributed by atoms with van der Waals surface area (Å²) in [5.41, 5.74) is 3.20. The SMILES string of the molecule is CC1=C(CO)C(=O)[C@H](C2=C(C)CCC2=O)C1. The maximum absolute atomic E-state index is 12.0. The Morgan fingerprint density at radius 1 is 1.19 bits per heavy atom. The van der Waals surface area contributed by atoms with E-state index in [-0.39, 0.29) is 24.1 Å². The molecular weight excluding hydrogens is 204 g/mol. The second-order valence-corrected chi connectivity index (χ2v) is 4.66. The Balaban J connectivity index is 2.31. The summed E-state index contributed by atoms with van der Waals surface area (Å²) in [6.45, 7) is 3.58. The number of aliphatic hydroxyl groups is 1. The Kier molecular flexibility index (Phi) is 2.80. The van der Waals surface area contributed by atoms with Crippen molar-refractivity contribution >= 4 is 11.6 Å². The molecule has 2 aliphatic carbocycles. The predicted molar refractivity (Wildman–Crippen MR) is 59.8 cm³/mol. The molecule has 0 saturated heterocycles. The summed E-state index contributed by atoms with van der Waals surface area (Å²) in [6.07, 6.45) is 1.93. The molecule has 0 aromatic carbocycles. The number of rotatable bonds is 2. The summed E-state index contributed by atoms with van der Waals surface area (Å²) in [5.74, 6) is -0.246. The molecule has 2 rings (SSSR count). The molecule has 0 aromatic rings. The lowest BCUT2D eigenvalue weighted by Gasteiger charge is -2.10. The molecule has 86 valence electrons. The first-order chi connectivity index (χ1) is 7.56. The van der Waals surface area contributed by atoms with Crippen molar-refractivity contribution in [2.45, 2.75) is 33.1 Å².